The highest BCUT2D eigenvalue weighted by molar-refractivity contribution is 5.68. The van der Waals surface area contributed by atoms with Crippen LogP contribution >= 0.6 is 0 Å². The van der Waals surface area contributed by atoms with Gasteiger partial charge in [-0.1, -0.05) is 32.6 Å². The Labute approximate surface area is 105 Å². The van der Waals surface area contributed by atoms with Crippen LogP contribution in [-0.2, 0) is 9.53 Å². The largest absolute Gasteiger partial charge is 0.469 e. The Morgan fingerprint density at radius 3 is 2.59 bits per heavy atom. The van der Waals surface area contributed by atoms with Crippen LogP contribution in [0.25, 0.3) is 0 Å². The molecule has 1 aliphatic carbocycles. The van der Waals surface area contributed by atoms with Gasteiger partial charge in [0, 0.05) is 6.42 Å². The van der Waals surface area contributed by atoms with E-state index < -0.39 is 0 Å². The van der Waals surface area contributed by atoms with E-state index >= 15 is 0 Å². The molecule has 0 bridgehead atoms. The van der Waals surface area contributed by atoms with Crippen molar-refractivity contribution in [2.24, 2.45) is 11.8 Å². The maximum absolute atomic E-state index is 10.9. The zero-order chi connectivity index (χ0) is 12.5. The first-order valence-corrected chi connectivity index (χ1v) is 7.00. The SMILES string of the molecule is COC(=O)CCCNCCC1CCC(C)CC1. The molecule has 0 radical (unpaired) electrons. The third-order valence-electron chi connectivity index (χ3n) is 3.83. The molecule has 3 nitrogen and oxygen atoms in total. The van der Waals surface area contributed by atoms with E-state index in [-0.39, 0.29) is 5.97 Å². The number of carbonyl (C=O) groups excluding carboxylic acids is 1. The predicted molar refractivity (Wildman–Crippen MR) is 69.9 cm³/mol. The third kappa shape index (κ3) is 6.67. The normalized spacial score (nSPS) is 24.6. The highest BCUT2D eigenvalue weighted by Gasteiger charge is 2.17. The summed E-state index contributed by atoms with van der Waals surface area (Å²) in [6.45, 7) is 4.39. The molecule has 17 heavy (non-hydrogen) atoms. The van der Waals surface area contributed by atoms with Crippen LogP contribution < -0.4 is 5.32 Å². The van der Waals surface area contributed by atoms with Crippen molar-refractivity contribution in [2.75, 3.05) is 20.2 Å². The number of esters is 1. The highest BCUT2D eigenvalue weighted by atomic mass is 16.5. The minimum Gasteiger partial charge on any atom is -0.469 e. The first kappa shape index (κ1) is 14.5. The van der Waals surface area contributed by atoms with Gasteiger partial charge in [-0.15, -0.1) is 0 Å². The van der Waals surface area contributed by atoms with Crippen LogP contribution in [0.15, 0.2) is 0 Å². The number of rotatable bonds is 7. The molecule has 1 aliphatic rings. The smallest absolute Gasteiger partial charge is 0.305 e. The van der Waals surface area contributed by atoms with Crippen LogP contribution in [-0.4, -0.2) is 26.2 Å². The minimum absolute atomic E-state index is 0.104. The first-order chi connectivity index (χ1) is 8.22. The Morgan fingerprint density at radius 2 is 1.94 bits per heavy atom. The molecule has 0 amide bonds. The first-order valence-electron chi connectivity index (χ1n) is 7.00. The van der Waals surface area contributed by atoms with Gasteiger partial charge in [0.05, 0.1) is 7.11 Å². The van der Waals surface area contributed by atoms with E-state index in [4.69, 9.17) is 0 Å². The second-order valence-electron chi connectivity index (χ2n) is 5.34. The molecule has 1 saturated carbocycles. The number of ether oxygens (including phenoxy) is 1. The van der Waals surface area contributed by atoms with Crippen LogP contribution in [0.5, 0.6) is 0 Å². The third-order valence-corrected chi connectivity index (χ3v) is 3.83. The summed E-state index contributed by atoms with van der Waals surface area (Å²) >= 11 is 0. The molecule has 1 N–H and O–H groups in total. The van der Waals surface area contributed by atoms with Gasteiger partial charge >= 0.3 is 5.97 Å². The fourth-order valence-corrected chi connectivity index (χ4v) is 2.51. The number of nitrogens with one attached hydrogen (secondary N) is 1. The molecule has 0 heterocycles. The second kappa shape index (κ2) is 8.51. The number of hydrogen-bond donors (Lipinski definition) is 1. The molecule has 1 rings (SSSR count). The van der Waals surface area contributed by atoms with Crippen molar-refractivity contribution < 1.29 is 9.53 Å². The van der Waals surface area contributed by atoms with Crippen molar-refractivity contribution in [3.05, 3.63) is 0 Å². The lowest BCUT2D eigenvalue weighted by molar-refractivity contribution is -0.140. The Kier molecular flexibility index (Phi) is 7.25. The van der Waals surface area contributed by atoms with Crippen molar-refractivity contribution in [2.45, 2.75) is 51.9 Å². The lowest BCUT2D eigenvalue weighted by Gasteiger charge is -2.26. The fraction of sp³-hybridized carbons (Fsp3) is 0.929. The Balaban J connectivity index is 1.89. The fourth-order valence-electron chi connectivity index (χ4n) is 2.51. The molecule has 0 aromatic rings. The second-order valence-corrected chi connectivity index (χ2v) is 5.34. The lowest BCUT2D eigenvalue weighted by atomic mass is 9.81. The molecule has 100 valence electrons. The van der Waals surface area contributed by atoms with Gasteiger partial charge in [0.1, 0.15) is 0 Å². The van der Waals surface area contributed by atoms with Gasteiger partial charge in [0.25, 0.3) is 0 Å². The monoisotopic (exact) mass is 241 g/mol. The average Bonchev–Trinajstić information content (AvgIpc) is 2.35. The van der Waals surface area contributed by atoms with Crippen LogP contribution in [0, 0.1) is 11.8 Å². The van der Waals surface area contributed by atoms with E-state index in [0.29, 0.717) is 6.42 Å². The van der Waals surface area contributed by atoms with E-state index in [1.54, 1.807) is 0 Å². The molecular weight excluding hydrogens is 214 g/mol. The Hall–Kier alpha value is -0.570. The summed E-state index contributed by atoms with van der Waals surface area (Å²) in [5.41, 5.74) is 0. The standard InChI is InChI=1S/C14H27NO2/c1-12-5-7-13(8-6-12)9-11-15-10-3-4-14(16)17-2/h12-13,15H,3-11H2,1-2H3. The lowest BCUT2D eigenvalue weighted by Crippen LogP contribution is -2.22. The molecule has 0 atom stereocenters. The topological polar surface area (TPSA) is 38.3 Å². The molecular formula is C14H27NO2. The van der Waals surface area contributed by atoms with Crippen LogP contribution in [0.2, 0.25) is 0 Å². The molecule has 0 unspecified atom stereocenters. The Morgan fingerprint density at radius 1 is 1.24 bits per heavy atom. The molecule has 0 spiro atoms. The van der Waals surface area contributed by atoms with Crippen molar-refractivity contribution in [1.82, 2.24) is 5.32 Å². The van der Waals surface area contributed by atoms with E-state index in [1.807, 2.05) is 0 Å². The summed E-state index contributed by atoms with van der Waals surface area (Å²) in [5, 5.41) is 3.42. The summed E-state index contributed by atoms with van der Waals surface area (Å²) in [7, 11) is 1.44. The highest BCUT2D eigenvalue weighted by Crippen LogP contribution is 2.29. The van der Waals surface area contributed by atoms with Crippen LogP contribution in [0.3, 0.4) is 0 Å². The van der Waals surface area contributed by atoms with Gasteiger partial charge in [-0.25, -0.2) is 0 Å². The maximum atomic E-state index is 10.9. The summed E-state index contributed by atoms with van der Waals surface area (Å²) in [4.78, 5) is 10.9. The van der Waals surface area contributed by atoms with Gasteiger partial charge in [-0.2, -0.15) is 0 Å². The van der Waals surface area contributed by atoms with E-state index in [9.17, 15) is 4.79 Å². The summed E-state index contributed by atoms with van der Waals surface area (Å²) < 4.78 is 4.60. The molecule has 0 saturated heterocycles. The zero-order valence-corrected chi connectivity index (χ0v) is 11.3. The van der Waals surface area contributed by atoms with Crippen molar-refractivity contribution in [3.63, 3.8) is 0 Å². The summed E-state index contributed by atoms with van der Waals surface area (Å²) in [6.07, 6.45) is 8.35. The minimum atomic E-state index is -0.104. The van der Waals surface area contributed by atoms with Crippen LogP contribution in [0.1, 0.15) is 51.9 Å². The zero-order valence-electron chi connectivity index (χ0n) is 11.3. The predicted octanol–water partition coefficient (Wildman–Crippen LogP) is 2.75. The molecule has 0 aromatic heterocycles. The van der Waals surface area contributed by atoms with Gasteiger partial charge in [-0.3, -0.25) is 4.79 Å². The van der Waals surface area contributed by atoms with Gasteiger partial charge in [0.15, 0.2) is 0 Å². The van der Waals surface area contributed by atoms with Gasteiger partial charge in [-0.05, 0) is 37.8 Å². The quantitative estimate of drug-likeness (QED) is 0.550. The van der Waals surface area contributed by atoms with Crippen molar-refractivity contribution in [3.8, 4) is 0 Å². The van der Waals surface area contributed by atoms with Gasteiger partial charge in [0.2, 0.25) is 0 Å². The van der Waals surface area contributed by atoms with E-state index in [0.717, 1.165) is 31.3 Å². The number of hydrogen-bond acceptors (Lipinski definition) is 3. The Bertz CT molecular complexity index is 210. The van der Waals surface area contributed by atoms with Crippen LogP contribution in [0.4, 0.5) is 0 Å². The number of methoxy groups -OCH3 is 1. The average molecular weight is 241 g/mol. The summed E-state index contributed by atoms with van der Waals surface area (Å²) in [6, 6.07) is 0. The van der Waals surface area contributed by atoms with Crippen molar-refractivity contribution >= 4 is 5.97 Å². The molecule has 0 aliphatic heterocycles. The molecule has 3 heteroatoms. The van der Waals surface area contributed by atoms with E-state index in [2.05, 4.69) is 17.0 Å². The maximum Gasteiger partial charge on any atom is 0.305 e. The van der Waals surface area contributed by atoms with Gasteiger partial charge < -0.3 is 10.1 Å². The van der Waals surface area contributed by atoms with Crippen molar-refractivity contribution in [1.29, 1.82) is 0 Å². The molecule has 1 fully saturated rings. The number of carbonyl (C=O) groups is 1. The molecule has 0 aromatic carbocycles. The van der Waals surface area contributed by atoms with E-state index in [1.165, 1.54) is 39.2 Å². The summed E-state index contributed by atoms with van der Waals surface area (Å²) in [5.74, 6) is 1.77.